The maximum absolute atomic E-state index is 5.10. The molecule has 0 saturated carbocycles. The van der Waals surface area contributed by atoms with Gasteiger partial charge in [0.05, 0.1) is 55.6 Å². The van der Waals surface area contributed by atoms with Crippen molar-refractivity contribution in [3.8, 4) is 0 Å². The lowest BCUT2D eigenvalue weighted by Gasteiger charge is -1.96. The van der Waals surface area contributed by atoms with Crippen LogP contribution >= 0.6 is 45.3 Å². The summed E-state index contributed by atoms with van der Waals surface area (Å²) < 4.78 is 28.4. The van der Waals surface area contributed by atoms with Crippen LogP contribution in [-0.4, -0.2) is 93.8 Å². The quantitative estimate of drug-likeness (QED) is 0.137. The van der Waals surface area contributed by atoms with E-state index < -0.39 is 0 Å². The number of hydrogen-bond donors (Lipinski definition) is 0. The molecule has 13 rings (SSSR count). The molecule has 0 amide bonds. The summed E-state index contributed by atoms with van der Waals surface area (Å²) in [5.74, 6) is 10.6. The summed E-state index contributed by atoms with van der Waals surface area (Å²) in [6.07, 6.45) is 0. The Labute approximate surface area is 716 Å². The first-order valence-corrected chi connectivity index (χ1v) is 39.5. The van der Waals surface area contributed by atoms with Crippen LogP contribution in [0.15, 0.2) is 54.1 Å². The van der Waals surface area contributed by atoms with E-state index in [0.29, 0.717) is 11.8 Å². The van der Waals surface area contributed by atoms with Gasteiger partial charge in [0.1, 0.15) is 56.4 Å². The lowest BCUT2D eigenvalue weighted by Crippen LogP contribution is -1.92. The molecule has 0 aliphatic heterocycles. The molecule has 13 aromatic heterocycles. The highest BCUT2D eigenvalue weighted by Gasteiger charge is 2.04. The third-order valence-electron chi connectivity index (χ3n) is 15.3. The highest BCUT2D eigenvalue weighted by Crippen LogP contribution is 2.16. The van der Waals surface area contributed by atoms with E-state index in [-0.39, 0.29) is 52.0 Å². The minimum atomic E-state index is 0. The minimum absolute atomic E-state index is 0. The van der Waals surface area contributed by atoms with Crippen molar-refractivity contribution >= 4 is 45.3 Å². The molecule has 0 N–H and O–H groups in total. The van der Waals surface area contributed by atoms with Gasteiger partial charge in [-0.15, -0.1) is 75.9 Å². The second kappa shape index (κ2) is 67.5. The van der Waals surface area contributed by atoms with Gasteiger partial charge in [0.2, 0.25) is 11.8 Å². The van der Waals surface area contributed by atoms with Gasteiger partial charge in [-0.3, -0.25) is 0 Å². The van der Waals surface area contributed by atoms with Crippen LogP contribution in [0.25, 0.3) is 0 Å². The lowest BCUT2D eigenvalue weighted by atomic mass is 10.4. The van der Waals surface area contributed by atoms with Crippen molar-refractivity contribution in [2.75, 3.05) is 0 Å². The predicted octanol–water partition coefficient (Wildman–Crippen LogP) is 26.2. The van der Waals surface area contributed by atoms with E-state index in [1.54, 1.807) is 52.7 Å². The number of aryl methyl sites for hydroxylation is 31. The summed E-state index contributed by atoms with van der Waals surface area (Å²) in [4.78, 5) is 32.1. The van der Waals surface area contributed by atoms with Gasteiger partial charge >= 0.3 is 0 Å². The Kier molecular flexibility index (Phi) is 74.6. The SMILES string of the molecule is C.C.C.C.C.C.C.CC.CC.CC.Cc1ccc(C)n1C.Cc1ccc(C)o1.Cc1ccc(C)s1.Cc1nc(C)c(C)o1.Cc1nc(C)c(C)o1.Cc1nc(C)c(C)s1.Cc1nc(C)c(C)s1.Cc1nc(C)n(C)c1C.Cc1nc(C)n(C)c1C.Cc1nn(C)nc1C.Cc1nnc(C)n1C.Cc1nnc(C)o1.Cc1nnc(C)s1. The van der Waals surface area contributed by atoms with E-state index in [1.807, 2.05) is 250 Å². The van der Waals surface area contributed by atoms with Crippen LogP contribution in [0.3, 0.4) is 0 Å². The number of nitrogens with zero attached hydrogens (tertiary/aromatic N) is 19. The Bertz CT molecular complexity index is 3750. The molecule has 0 aliphatic carbocycles. The second-order valence-corrected chi connectivity index (χ2v) is 29.9. The topological polar surface area (TPSA) is 258 Å². The Morgan fingerprint density at radius 3 is 0.652 bits per heavy atom. The van der Waals surface area contributed by atoms with Gasteiger partial charge < -0.3 is 35.9 Å². The molecule has 13 heterocycles. The van der Waals surface area contributed by atoms with Gasteiger partial charge in [-0.25, -0.2) is 29.9 Å². The zero-order valence-electron chi connectivity index (χ0n) is 74.2. The zero-order valence-corrected chi connectivity index (χ0v) is 77.5. The summed E-state index contributed by atoms with van der Waals surface area (Å²) in [6, 6.07) is 12.4. The van der Waals surface area contributed by atoms with Gasteiger partial charge in [-0.05, 0) is 230 Å². The lowest BCUT2D eigenvalue weighted by molar-refractivity contribution is 0.489. The molecule has 658 valence electrons. The Hall–Kier alpha value is -8.66. The number of hydrogen-bond acceptors (Lipinski definition) is 22. The number of oxazole rings is 2. The van der Waals surface area contributed by atoms with Gasteiger partial charge in [0.25, 0.3) is 0 Å². The van der Waals surface area contributed by atoms with E-state index in [0.717, 1.165) is 102 Å². The van der Waals surface area contributed by atoms with E-state index in [2.05, 4.69) is 171 Å². The molecule has 0 aromatic carbocycles. The summed E-state index contributed by atoms with van der Waals surface area (Å²) in [6.45, 7) is 75.5. The highest BCUT2D eigenvalue weighted by molar-refractivity contribution is 7.12. The van der Waals surface area contributed by atoms with Gasteiger partial charge in [0, 0.05) is 105 Å². The van der Waals surface area contributed by atoms with Gasteiger partial charge in [-0.1, -0.05) is 93.5 Å². The van der Waals surface area contributed by atoms with Crippen molar-refractivity contribution in [3.63, 3.8) is 0 Å². The van der Waals surface area contributed by atoms with Gasteiger partial charge in [0.15, 0.2) is 11.8 Å². The average molecular weight is 1680 g/mol. The molecule has 27 heteroatoms. The molecule has 23 nitrogen and oxygen atoms in total. The van der Waals surface area contributed by atoms with Crippen molar-refractivity contribution in [2.24, 2.45) is 35.2 Å². The standard InChI is InChI=1S/2C7H12N2.C7H11N.2C6H9NO.2C6H9NS.C6H8O.C6H8S.2C5H9N3.C4H6N2O.C4H6N2S.3C2H6.7CH4/c2*1-5-6(2)9(4)7(3)8-5;1-6-4-5-7(2)8(6)3;4*1-4-5(2)8-6(3)7-4;2*1-5-3-4-6(2)7-5;1-4-6-7-5(2)8(4)3;1-4-5(2)7-8(3)6-4;2*1-3-5-6-4(2)7-3;3*1-2;;;;;;;/h2*1-4H3;4-5H,1-3H3;4*1-3H3;2*3-4H,1-2H3;2*1-3H3;2*1-2H3;3*1-2H3;7*1H4. The number of thiazole rings is 2. The van der Waals surface area contributed by atoms with Crippen LogP contribution in [0.2, 0.25) is 0 Å². The van der Waals surface area contributed by atoms with Gasteiger partial charge in [-0.2, -0.15) is 15.0 Å². The maximum atomic E-state index is 5.10. The van der Waals surface area contributed by atoms with E-state index in [9.17, 15) is 0 Å². The molecule has 0 saturated heterocycles. The van der Waals surface area contributed by atoms with Crippen molar-refractivity contribution in [1.82, 2.24) is 93.8 Å². The normalized spacial score (nSPS) is 8.86. The number of aromatic nitrogens is 19. The smallest absolute Gasteiger partial charge is 0.213 e. The highest BCUT2D eigenvalue weighted by atomic mass is 32.1. The number of rotatable bonds is 0. The molecule has 0 aliphatic rings. The first kappa shape index (κ1) is 127. The van der Waals surface area contributed by atoms with Crippen LogP contribution in [0.1, 0.15) is 271 Å². The third kappa shape index (κ3) is 53.3. The summed E-state index contributed by atoms with van der Waals surface area (Å²) >= 11 is 6.98. The Morgan fingerprint density at radius 2 is 0.565 bits per heavy atom. The fourth-order valence-electron chi connectivity index (χ4n) is 8.06. The van der Waals surface area contributed by atoms with Crippen LogP contribution < -0.4 is 0 Å². The summed E-state index contributed by atoms with van der Waals surface area (Å²) in [5.41, 5.74) is 13.8. The van der Waals surface area contributed by atoms with Crippen molar-refractivity contribution < 1.29 is 17.7 Å². The molecule has 0 fully saturated rings. The molecular formula is C88H163N19O4S4. The molecule has 13 aromatic rings. The molecular weight excluding hydrogens is 1520 g/mol. The number of furan rings is 1. The molecule has 0 bridgehead atoms. The number of imidazole rings is 2. The van der Waals surface area contributed by atoms with E-state index in [1.165, 1.54) is 63.7 Å². The Balaban J connectivity index is -0.000000128. The first-order valence-electron chi connectivity index (χ1n) is 36.2. The summed E-state index contributed by atoms with van der Waals surface area (Å²) in [5, 5.41) is 34.9. The van der Waals surface area contributed by atoms with Crippen molar-refractivity contribution in [2.45, 2.75) is 315 Å². The van der Waals surface area contributed by atoms with Crippen LogP contribution in [-0.2, 0) is 35.2 Å². The number of thiophene rings is 1. The monoisotopic (exact) mass is 1680 g/mol. The Morgan fingerprint density at radius 1 is 0.252 bits per heavy atom. The predicted molar refractivity (Wildman–Crippen MR) is 501 cm³/mol. The molecule has 115 heavy (non-hydrogen) atoms. The molecule has 0 unspecified atom stereocenters. The average Bonchev–Trinajstić information content (AvgIpc) is 1.72. The van der Waals surface area contributed by atoms with E-state index in [4.69, 9.17) is 17.7 Å². The fraction of sp³-hybridized carbons (Fsp3) is 0.568. The van der Waals surface area contributed by atoms with Crippen molar-refractivity contribution in [1.29, 1.82) is 0 Å². The first-order chi connectivity index (χ1) is 50.3. The van der Waals surface area contributed by atoms with Crippen LogP contribution in [0.4, 0.5) is 0 Å². The largest absolute Gasteiger partial charge is 0.467 e. The van der Waals surface area contributed by atoms with Crippen LogP contribution in [0, 0.1) is 222 Å². The third-order valence-corrected chi connectivity index (χ3v) is 18.9. The molecule has 0 spiro atoms. The minimum Gasteiger partial charge on any atom is -0.467 e. The van der Waals surface area contributed by atoms with Crippen molar-refractivity contribution in [3.05, 3.63) is 214 Å². The van der Waals surface area contributed by atoms with E-state index >= 15 is 0 Å². The molecule has 0 radical (unpaired) electrons. The second-order valence-electron chi connectivity index (χ2n) is 24.2. The van der Waals surface area contributed by atoms with Crippen LogP contribution in [0.5, 0.6) is 0 Å². The summed E-state index contributed by atoms with van der Waals surface area (Å²) in [7, 11) is 9.91. The maximum Gasteiger partial charge on any atom is 0.213 e. The fourth-order valence-corrected chi connectivity index (χ4v) is 11.1. The zero-order chi connectivity index (χ0) is 84.2. The molecule has 0 atom stereocenters.